The van der Waals surface area contributed by atoms with Crippen molar-refractivity contribution < 1.29 is 127 Å². The predicted molar refractivity (Wildman–Crippen MR) is 86.3 cm³/mol. The van der Waals surface area contributed by atoms with Gasteiger partial charge in [0.1, 0.15) is 18.2 Å². The fraction of sp³-hybridized carbons (Fsp3) is 0.500. The third-order valence-electron chi connectivity index (χ3n) is 3.23. The smallest absolute Gasteiger partial charge is 0.790 e. The molecule has 0 aliphatic heterocycles. The average molecular weight is 501 g/mol. The molecule has 0 aliphatic carbocycles. The second-order valence-corrected chi connectivity index (χ2v) is 9.99. The zero-order valence-corrected chi connectivity index (χ0v) is 21.0. The number of nitrogen functional groups attached to an aromatic ring is 1. The number of aliphatic hydroxyl groups is 1. The number of hydrogen-bond donors (Lipinski definition) is 2. The van der Waals surface area contributed by atoms with E-state index in [0.29, 0.717) is 5.52 Å². The van der Waals surface area contributed by atoms with Crippen LogP contribution < -0.4 is 101 Å². The van der Waals surface area contributed by atoms with E-state index in [1.807, 2.05) is 0 Å². The summed E-state index contributed by atoms with van der Waals surface area (Å²) in [5, 5.41) is 9.22. The van der Waals surface area contributed by atoms with E-state index in [-0.39, 0.29) is 107 Å². The van der Waals surface area contributed by atoms with Crippen molar-refractivity contribution in [2.75, 3.05) is 25.3 Å². The van der Waals surface area contributed by atoms with Crippen LogP contribution in [0.3, 0.4) is 0 Å². The number of hydrogen-bond acceptors (Lipinski definition) is 15. The number of phosphoric acid groups is 2. The molecule has 0 aliphatic rings. The first-order valence-electron chi connectivity index (χ1n) is 7.51. The molecule has 0 amide bonds. The Morgan fingerprint density at radius 2 is 1.64 bits per heavy atom. The predicted octanol–water partition coefficient (Wildman–Crippen LogP) is -14.8. The molecule has 164 valence electrons. The summed E-state index contributed by atoms with van der Waals surface area (Å²) in [5.74, 6) is 0.0670. The second-order valence-electron chi connectivity index (χ2n) is 5.42. The Labute approximate surface area is 235 Å². The number of ether oxygens (including phenoxy) is 1. The van der Waals surface area contributed by atoms with Gasteiger partial charge >= 0.3 is 75.4 Å². The van der Waals surface area contributed by atoms with Crippen LogP contribution >= 0.6 is 23.2 Å². The molecule has 3 unspecified atom stereocenters. The molecule has 2 aromatic heterocycles. The van der Waals surface area contributed by atoms with E-state index in [2.05, 4.69) is 23.6 Å². The maximum Gasteiger partial charge on any atom is 1.00 e. The second kappa shape index (κ2) is 16.1. The first-order chi connectivity index (χ1) is 13.3. The van der Waals surface area contributed by atoms with Crippen LogP contribution in [0, 0.1) is 0 Å². The molecule has 3 atom stereocenters. The number of fused-ring (bicyclic) bond motifs is 1. The van der Waals surface area contributed by atoms with Gasteiger partial charge in [0, 0.05) is 6.61 Å². The number of rotatable bonds is 11. The van der Waals surface area contributed by atoms with Crippen LogP contribution in [0.1, 0.15) is 12.5 Å². The Bertz CT molecular complexity index is 1010. The van der Waals surface area contributed by atoms with Crippen molar-refractivity contribution in [3.05, 3.63) is 12.7 Å². The van der Waals surface area contributed by atoms with Crippen LogP contribution in [-0.2, 0) is 27.1 Å². The minimum atomic E-state index is -6.05. The Morgan fingerprint density at radius 1 is 1.03 bits per heavy atom. The number of anilines is 1. The Kier molecular flexibility index (Phi) is 18.8. The van der Waals surface area contributed by atoms with Crippen LogP contribution in [0.25, 0.3) is 11.2 Å². The van der Waals surface area contributed by atoms with E-state index in [9.17, 15) is 38.4 Å². The first kappa shape index (κ1) is 38.6. The fourth-order valence-corrected chi connectivity index (χ4v) is 5.35. The van der Waals surface area contributed by atoms with Crippen molar-refractivity contribution in [1.82, 2.24) is 19.5 Å². The summed E-state index contributed by atoms with van der Waals surface area (Å²) in [4.78, 5) is 55.1. The van der Waals surface area contributed by atoms with Crippen LogP contribution in [0.4, 0.5) is 5.82 Å². The largest absolute Gasteiger partial charge is 1.00 e. The number of imidazole rings is 1. The topological polar surface area (TPSA) is 261 Å². The zero-order valence-electron chi connectivity index (χ0n) is 18.3. The zero-order chi connectivity index (χ0) is 21.9. The van der Waals surface area contributed by atoms with Crippen molar-refractivity contribution in [1.29, 1.82) is 0 Å². The quantitative estimate of drug-likeness (QED) is 0.214. The first-order valence-corrected chi connectivity index (χ1v) is 12.2. The molecule has 16 nitrogen and oxygen atoms in total. The van der Waals surface area contributed by atoms with E-state index >= 15 is 0 Å². The Morgan fingerprint density at radius 3 is 2.18 bits per heavy atom. The maximum atomic E-state index is 11.7. The maximum absolute atomic E-state index is 11.7. The van der Waals surface area contributed by atoms with Crippen molar-refractivity contribution in [3.63, 3.8) is 0 Å². The Balaban J connectivity index is -0.00000225. The van der Waals surface area contributed by atoms with Gasteiger partial charge in [0.05, 0.1) is 26.8 Å². The van der Waals surface area contributed by atoms with E-state index in [4.69, 9.17) is 10.5 Å². The molecule has 2 rings (SSSR count). The summed E-state index contributed by atoms with van der Waals surface area (Å²) in [7, 11) is -17.3. The third-order valence-corrected chi connectivity index (χ3v) is 7.13. The molecule has 0 aromatic carbocycles. The molecule has 0 saturated heterocycles. The summed E-state index contributed by atoms with van der Waals surface area (Å²) in [6, 6.07) is -0.711. The van der Waals surface area contributed by atoms with Gasteiger partial charge in [-0.15, -0.1) is 0 Å². The van der Waals surface area contributed by atoms with Gasteiger partial charge in [-0.25, -0.2) is 15.0 Å². The van der Waals surface area contributed by atoms with Crippen LogP contribution in [0.5, 0.6) is 0 Å². The van der Waals surface area contributed by atoms with Crippen LogP contribution in [-0.4, -0.2) is 44.2 Å². The molecule has 3 N–H and O–H groups in total. The molecule has 0 radical (unpaired) electrons. The number of aromatic nitrogens is 4. The molecule has 0 bridgehead atoms. The number of nitrogens with two attached hydrogens (primary N) is 1. The van der Waals surface area contributed by atoms with Gasteiger partial charge in [0.25, 0.3) is 7.82 Å². The van der Waals surface area contributed by atoms with Crippen molar-refractivity contribution in [3.8, 4) is 0 Å². The van der Waals surface area contributed by atoms with Gasteiger partial charge in [-0.2, -0.15) is 0 Å². The van der Waals surface area contributed by atoms with Gasteiger partial charge < -0.3 is 48.8 Å². The number of aliphatic hydroxyl groups excluding tert-OH is 1. The summed E-state index contributed by atoms with van der Waals surface area (Å²) in [6.45, 7) is -0.722. The molecular formula is C10H14Li4N5O11P3. The molecule has 0 saturated carbocycles. The van der Waals surface area contributed by atoms with Gasteiger partial charge in [0.15, 0.2) is 19.1 Å². The van der Waals surface area contributed by atoms with Crippen molar-refractivity contribution >= 4 is 40.2 Å². The minimum Gasteiger partial charge on any atom is -0.790 e. The van der Waals surface area contributed by atoms with Crippen LogP contribution in [0.15, 0.2) is 12.7 Å². The summed E-state index contributed by atoms with van der Waals surface area (Å²) >= 11 is 0. The third kappa shape index (κ3) is 12.8. The summed E-state index contributed by atoms with van der Waals surface area (Å²) in [5.41, 5.74) is 6.31. The summed E-state index contributed by atoms with van der Waals surface area (Å²) < 4.78 is 46.1. The van der Waals surface area contributed by atoms with Gasteiger partial charge in [0.2, 0.25) is 0 Å². The average Bonchev–Trinajstić information content (AvgIpc) is 2.95. The number of nitrogens with zero attached hydrogens (tertiary/aromatic N) is 4. The standard InChI is InChI=1S/C10H18N5O11P3.4Li/c11-9-8-10(13-4-12-9)14-5-15(8)7(1-2-16)3-24-6-27(17,18)25-29(22,23)26-28(19,20)21;;;;/h4-5,7,16H,1-3,6H2,(H,17,18)(H,22,23)(H2,11,12,13)(H2,19,20,21);;;;/q;4*+1/p-4. The molecule has 2 aromatic rings. The van der Waals surface area contributed by atoms with Crippen molar-refractivity contribution in [2.45, 2.75) is 12.5 Å². The summed E-state index contributed by atoms with van der Waals surface area (Å²) in [6.07, 6.45) is 1.24. The van der Waals surface area contributed by atoms with Crippen molar-refractivity contribution in [2.24, 2.45) is 0 Å². The van der Waals surface area contributed by atoms with Gasteiger partial charge in [-0.1, -0.05) is 0 Å². The SMILES string of the molecule is Nc1ncnc2ncn(C(CCO)COCP(=O)([O-])OP(=O)([O-])OP(=O)([O-])[O-])c12.[Li+].[Li+].[Li+].[Li+]. The normalized spacial score (nSPS) is 15.5. The van der Waals surface area contributed by atoms with Crippen LogP contribution in [0.2, 0.25) is 0 Å². The molecule has 23 heteroatoms. The minimum absolute atomic E-state index is 0. The Hall–Kier alpha value is 1.11. The molecular weight excluding hydrogens is 487 g/mol. The fourth-order valence-electron chi connectivity index (χ4n) is 2.24. The van der Waals surface area contributed by atoms with E-state index < -0.39 is 35.6 Å². The van der Waals surface area contributed by atoms with E-state index in [0.717, 1.165) is 0 Å². The van der Waals surface area contributed by atoms with E-state index in [1.54, 1.807) is 0 Å². The van der Waals surface area contributed by atoms with Gasteiger partial charge in [-0.3, -0.25) is 13.2 Å². The molecule has 0 fully saturated rings. The molecule has 33 heavy (non-hydrogen) atoms. The molecule has 2 heterocycles. The monoisotopic (exact) mass is 501 g/mol. The van der Waals surface area contributed by atoms with Gasteiger partial charge in [-0.05, 0) is 6.42 Å². The van der Waals surface area contributed by atoms with E-state index in [1.165, 1.54) is 17.2 Å². The molecule has 0 spiro atoms.